The fraction of sp³-hybridized carbons (Fsp3) is 0.292. The van der Waals surface area contributed by atoms with Crippen molar-refractivity contribution in [1.29, 1.82) is 0 Å². The number of carbonyl (C=O) groups excluding carboxylic acids is 3. The zero-order chi connectivity index (χ0) is 23.4. The van der Waals surface area contributed by atoms with E-state index in [9.17, 15) is 19.2 Å². The van der Waals surface area contributed by atoms with E-state index in [1.807, 2.05) is 0 Å². The predicted octanol–water partition coefficient (Wildman–Crippen LogP) is 2.88. The van der Waals surface area contributed by atoms with Crippen LogP contribution in [0.3, 0.4) is 0 Å². The van der Waals surface area contributed by atoms with Gasteiger partial charge in [-0.3, -0.25) is 19.0 Å². The minimum absolute atomic E-state index is 0.144. The summed E-state index contributed by atoms with van der Waals surface area (Å²) in [5.74, 6) is -1.71. The maximum absolute atomic E-state index is 13.0. The molecule has 0 aliphatic carbocycles. The predicted molar refractivity (Wildman–Crippen MR) is 123 cm³/mol. The van der Waals surface area contributed by atoms with E-state index in [4.69, 9.17) is 4.74 Å². The third kappa shape index (κ3) is 4.77. The number of rotatable bonds is 4. The first kappa shape index (κ1) is 22.2. The first-order valence-electron chi connectivity index (χ1n) is 10.9. The van der Waals surface area contributed by atoms with E-state index in [-0.39, 0.29) is 23.4 Å². The first-order valence-corrected chi connectivity index (χ1v) is 10.9. The van der Waals surface area contributed by atoms with Crippen molar-refractivity contribution in [3.63, 3.8) is 0 Å². The zero-order valence-electron chi connectivity index (χ0n) is 18.2. The summed E-state index contributed by atoms with van der Waals surface area (Å²) in [6, 6.07) is 11.0. The van der Waals surface area contributed by atoms with E-state index in [1.54, 1.807) is 35.8 Å². The van der Waals surface area contributed by atoms with Crippen molar-refractivity contribution in [2.75, 3.05) is 17.2 Å². The average molecular weight is 448 g/mol. The maximum Gasteiger partial charge on any atom is 0.340 e. The Labute approximate surface area is 189 Å². The minimum atomic E-state index is -0.955. The van der Waals surface area contributed by atoms with E-state index in [0.717, 1.165) is 31.5 Å². The number of aryl methyl sites for hydroxylation is 1. The lowest BCUT2D eigenvalue weighted by molar-refractivity contribution is -0.133. The quantitative estimate of drug-likeness (QED) is 0.468. The molecular weight excluding hydrogens is 424 g/mol. The summed E-state index contributed by atoms with van der Waals surface area (Å²) in [5, 5.41) is 5.32. The second-order valence-electron chi connectivity index (χ2n) is 7.70. The molecule has 2 heterocycles. The average Bonchev–Trinajstić information content (AvgIpc) is 3.06. The fourth-order valence-electron chi connectivity index (χ4n) is 3.84. The Morgan fingerprint density at radius 1 is 1.03 bits per heavy atom. The van der Waals surface area contributed by atoms with Crippen LogP contribution in [0.15, 0.2) is 47.3 Å². The molecule has 3 aromatic rings. The number of amides is 2. The second kappa shape index (κ2) is 9.64. The number of benzene rings is 2. The Kier molecular flexibility index (Phi) is 6.48. The molecule has 0 saturated heterocycles. The summed E-state index contributed by atoms with van der Waals surface area (Å²) in [7, 11) is 0. The monoisotopic (exact) mass is 448 g/mol. The number of ether oxygens (including phenoxy) is 1. The molecule has 2 aromatic carbocycles. The lowest BCUT2D eigenvalue weighted by Crippen LogP contribution is -2.30. The minimum Gasteiger partial charge on any atom is -0.462 e. The summed E-state index contributed by atoms with van der Waals surface area (Å²) < 4.78 is 6.67. The highest BCUT2D eigenvalue weighted by molar-refractivity contribution is 6.44. The molecule has 0 radical (unpaired) electrons. The van der Waals surface area contributed by atoms with Gasteiger partial charge in [0.2, 0.25) is 0 Å². The summed E-state index contributed by atoms with van der Waals surface area (Å²) in [6.07, 6.45) is 3.73. The van der Waals surface area contributed by atoms with Gasteiger partial charge in [-0.1, -0.05) is 18.6 Å². The number of nitrogens with zero attached hydrogens (tertiary/aromatic N) is 2. The van der Waals surface area contributed by atoms with Crippen LogP contribution in [0.25, 0.3) is 10.9 Å². The van der Waals surface area contributed by atoms with Crippen molar-refractivity contribution in [1.82, 2.24) is 9.55 Å². The Balaban J connectivity index is 1.53. The molecule has 0 atom stereocenters. The highest BCUT2D eigenvalue weighted by atomic mass is 16.5. The molecule has 0 fully saturated rings. The number of fused-ring (bicyclic) bond motifs is 2. The van der Waals surface area contributed by atoms with Gasteiger partial charge >= 0.3 is 17.8 Å². The molecule has 4 rings (SSSR count). The van der Waals surface area contributed by atoms with Gasteiger partial charge in [-0.15, -0.1) is 0 Å². The van der Waals surface area contributed by atoms with E-state index in [0.29, 0.717) is 23.1 Å². The third-order valence-electron chi connectivity index (χ3n) is 5.45. The Hall–Kier alpha value is -4.01. The zero-order valence-corrected chi connectivity index (χ0v) is 18.2. The molecule has 1 aliphatic rings. The first-order chi connectivity index (χ1) is 16.0. The van der Waals surface area contributed by atoms with Crippen molar-refractivity contribution >= 4 is 40.1 Å². The number of aromatic nitrogens is 2. The number of para-hydroxylation sites is 1. The third-order valence-corrected chi connectivity index (χ3v) is 5.45. The standard InChI is InChI=1S/C24H24N4O5/c1-2-33-24(32)16-8-5-6-9-18(16)27-22(30)21(29)25-15-11-12-19-17(14-15)23(31)28-13-7-3-4-10-20(28)26-19/h5-6,8-9,11-12,14H,2-4,7,10,13H2,1H3,(H,25,29)(H,27,30). The number of carbonyl (C=O) groups is 3. The summed E-state index contributed by atoms with van der Waals surface area (Å²) in [4.78, 5) is 54.6. The maximum atomic E-state index is 13.0. The SMILES string of the molecule is CCOC(=O)c1ccccc1NC(=O)C(=O)Nc1ccc2nc3n(c(=O)c2c1)CCCCC3. The molecule has 0 bridgehead atoms. The highest BCUT2D eigenvalue weighted by Crippen LogP contribution is 2.19. The van der Waals surface area contributed by atoms with Crippen LogP contribution in [0.5, 0.6) is 0 Å². The second-order valence-corrected chi connectivity index (χ2v) is 7.70. The Morgan fingerprint density at radius 3 is 2.64 bits per heavy atom. The van der Waals surface area contributed by atoms with Crippen LogP contribution < -0.4 is 16.2 Å². The molecule has 1 aromatic heterocycles. The number of esters is 1. The Bertz CT molecular complexity index is 1300. The van der Waals surface area contributed by atoms with E-state index >= 15 is 0 Å². The van der Waals surface area contributed by atoms with Gasteiger partial charge in [0.25, 0.3) is 5.56 Å². The molecule has 9 heteroatoms. The molecule has 0 unspecified atom stereocenters. The molecule has 33 heavy (non-hydrogen) atoms. The van der Waals surface area contributed by atoms with Crippen molar-refractivity contribution < 1.29 is 19.1 Å². The van der Waals surface area contributed by atoms with Gasteiger partial charge in [0.1, 0.15) is 5.82 Å². The largest absolute Gasteiger partial charge is 0.462 e. The van der Waals surface area contributed by atoms with Gasteiger partial charge in [0.15, 0.2) is 0 Å². The summed E-state index contributed by atoms with van der Waals surface area (Å²) >= 11 is 0. The van der Waals surface area contributed by atoms with Gasteiger partial charge < -0.3 is 15.4 Å². The van der Waals surface area contributed by atoms with Crippen LogP contribution in [-0.4, -0.2) is 33.9 Å². The number of anilines is 2. The topological polar surface area (TPSA) is 119 Å². The van der Waals surface area contributed by atoms with E-state index < -0.39 is 17.8 Å². The highest BCUT2D eigenvalue weighted by Gasteiger charge is 2.19. The van der Waals surface area contributed by atoms with E-state index in [1.165, 1.54) is 18.2 Å². The number of hydrogen-bond acceptors (Lipinski definition) is 6. The van der Waals surface area contributed by atoms with Crippen molar-refractivity contribution in [3.05, 3.63) is 64.2 Å². The van der Waals surface area contributed by atoms with Crippen LogP contribution in [-0.2, 0) is 27.3 Å². The smallest absolute Gasteiger partial charge is 0.340 e. The molecule has 0 saturated carbocycles. The van der Waals surface area contributed by atoms with Gasteiger partial charge in [0, 0.05) is 18.7 Å². The fourth-order valence-corrected chi connectivity index (χ4v) is 3.84. The van der Waals surface area contributed by atoms with Crippen LogP contribution in [0.1, 0.15) is 42.4 Å². The van der Waals surface area contributed by atoms with Crippen molar-refractivity contribution in [3.8, 4) is 0 Å². The van der Waals surface area contributed by atoms with Crippen LogP contribution >= 0.6 is 0 Å². The molecule has 2 amide bonds. The molecule has 2 N–H and O–H groups in total. The van der Waals surface area contributed by atoms with Crippen LogP contribution in [0, 0.1) is 0 Å². The summed E-state index contributed by atoms with van der Waals surface area (Å²) in [5.41, 5.74) is 1.01. The van der Waals surface area contributed by atoms with Crippen molar-refractivity contribution in [2.45, 2.75) is 39.2 Å². The van der Waals surface area contributed by atoms with Crippen LogP contribution in [0.2, 0.25) is 0 Å². The lowest BCUT2D eigenvalue weighted by Gasteiger charge is -2.12. The normalized spacial score (nSPS) is 13.0. The number of hydrogen-bond donors (Lipinski definition) is 2. The lowest BCUT2D eigenvalue weighted by atomic mass is 10.1. The molecule has 1 aliphatic heterocycles. The van der Waals surface area contributed by atoms with Gasteiger partial charge in [-0.05, 0) is 50.1 Å². The van der Waals surface area contributed by atoms with E-state index in [2.05, 4.69) is 15.6 Å². The Morgan fingerprint density at radius 2 is 1.82 bits per heavy atom. The molecule has 0 spiro atoms. The number of nitrogens with one attached hydrogen (secondary N) is 2. The molecule has 170 valence electrons. The van der Waals surface area contributed by atoms with Gasteiger partial charge in [-0.2, -0.15) is 0 Å². The molecular formula is C24H24N4O5. The van der Waals surface area contributed by atoms with Gasteiger partial charge in [-0.25, -0.2) is 9.78 Å². The van der Waals surface area contributed by atoms with Gasteiger partial charge in [0.05, 0.1) is 28.8 Å². The molecule has 9 nitrogen and oxygen atoms in total. The van der Waals surface area contributed by atoms with Crippen molar-refractivity contribution in [2.24, 2.45) is 0 Å². The summed E-state index contributed by atoms with van der Waals surface area (Å²) in [6.45, 7) is 2.48. The van der Waals surface area contributed by atoms with Crippen LogP contribution in [0.4, 0.5) is 11.4 Å².